The molecule has 0 fully saturated rings. The normalized spacial score (nSPS) is 10.3. The van der Waals surface area contributed by atoms with E-state index in [0.717, 1.165) is 5.56 Å². The molecular formula is C20H23ClN2O3S. The number of halogens is 1. The maximum absolute atomic E-state index is 12.1. The van der Waals surface area contributed by atoms with E-state index >= 15 is 0 Å². The van der Waals surface area contributed by atoms with Crippen LogP contribution in [-0.2, 0) is 16.0 Å². The lowest BCUT2D eigenvalue weighted by Gasteiger charge is -2.14. The van der Waals surface area contributed by atoms with Gasteiger partial charge >= 0.3 is 0 Å². The average Bonchev–Trinajstić information content (AvgIpc) is 2.66. The number of hydrogen-bond acceptors (Lipinski definition) is 4. The van der Waals surface area contributed by atoms with Crippen molar-refractivity contribution in [2.45, 2.75) is 19.8 Å². The Labute approximate surface area is 170 Å². The fourth-order valence-electron chi connectivity index (χ4n) is 2.34. The summed E-state index contributed by atoms with van der Waals surface area (Å²) in [4.78, 5) is 12.1. The van der Waals surface area contributed by atoms with Crippen LogP contribution in [0.15, 0.2) is 48.5 Å². The third-order valence-corrected chi connectivity index (χ3v) is 4.23. The summed E-state index contributed by atoms with van der Waals surface area (Å²) in [5, 5.41) is 6.56. The van der Waals surface area contributed by atoms with Crippen molar-refractivity contribution in [1.29, 1.82) is 0 Å². The lowest BCUT2D eigenvalue weighted by atomic mass is 10.1. The SMILES string of the molecule is CCOCCOc1ccccc1NC(=S)NC(=O)CCc1ccccc1Cl. The number of ether oxygens (including phenoxy) is 2. The summed E-state index contributed by atoms with van der Waals surface area (Å²) < 4.78 is 11.0. The molecule has 0 spiro atoms. The molecule has 0 radical (unpaired) electrons. The first-order valence-corrected chi connectivity index (χ1v) is 9.52. The predicted molar refractivity (Wildman–Crippen MR) is 113 cm³/mol. The largest absolute Gasteiger partial charge is 0.489 e. The highest BCUT2D eigenvalue weighted by Gasteiger charge is 2.09. The molecule has 27 heavy (non-hydrogen) atoms. The molecule has 7 heteroatoms. The third-order valence-electron chi connectivity index (χ3n) is 3.66. The number of hydrogen-bond donors (Lipinski definition) is 2. The lowest BCUT2D eigenvalue weighted by Crippen LogP contribution is -2.34. The average molecular weight is 407 g/mol. The molecule has 0 bridgehead atoms. The van der Waals surface area contributed by atoms with E-state index in [9.17, 15) is 4.79 Å². The minimum Gasteiger partial charge on any atom is -0.489 e. The summed E-state index contributed by atoms with van der Waals surface area (Å²) in [5.74, 6) is 0.465. The smallest absolute Gasteiger partial charge is 0.226 e. The van der Waals surface area contributed by atoms with Gasteiger partial charge < -0.3 is 20.1 Å². The van der Waals surface area contributed by atoms with Crippen LogP contribution in [-0.4, -0.2) is 30.8 Å². The number of aryl methyl sites for hydroxylation is 1. The molecule has 0 atom stereocenters. The van der Waals surface area contributed by atoms with Crippen LogP contribution in [0.1, 0.15) is 18.9 Å². The standard InChI is InChI=1S/C20H23ClN2O3S/c1-2-25-13-14-26-18-10-6-5-9-17(18)22-20(27)23-19(24)12-11-15-7-3-4-8-16(15)21/h3-10H,2,11-14H2,1H3,(H2,22,23,24,27). The van der Waals surface area contributed by atoms with Crippen LogP contribution < -0.4 is 15.4 Å². The molecule has 144 valence electrons. The highest BCUT2D eigenvalue weighted by Crippen LogP contribution is 2.23. The molecule has 0 aromatic heterocycles. The van der Waals surface area contributed by atoms with Crippen molar-refractivity contribution in [1.82, 2.24) is 5.32 Å². The fourth-order valence-corrected chi connectivity index (χ4v) is 2.80. The summed E-state index contributed by atoms with van der Waals surface area (Å²) in [6.45, 7) is 3.52. The van der Waals surface area contributed by atoms with Crippen LogP contribution in [0.4, 0.5) is 5.69 Å². The van der Waals surface area contributed by atoms with E-state index in [0.29, 0.717) is 42.7 Å². The molecule has 0 saturated heterocycles. The molecule has 0 unspecified atom stereocenters. The number of thiocarbonyl (C=S) groups is 1. The number of carbonyl (C=O) groups excluding carboxylic acids is 1. The molecule has 0 aliphatic carbocycles. The number of rotatable bonds is 9. The second-order valence-electron chi connectivity index (χ2n) is 5.64. The van der Waals surface area contributed by atoms with Gasteiger partial charge in [0.25, 0.3) is 0 Å². The molecule has 0 heterocycles. The molecule has 2 rings (SSSR count). The second kappa shape index (κ2) is 11.5. The van der Waals surface area contributed by atoms with E-state index in [4.69, 9.17) is 33.3 Å². The maximum atomic E-state index is 12.1. The van der Waals surface area contributed by atoms with Crippen LogP contribution in [0.25, 0.3) is 0 Å². The van der Waals surface area contributed by atoms with E-state index in [1.54, 1.807) is 0 Å². The highest BCUT2D eigenvalue weighted by atomic mass is 35.5. The first-order chi connectivity index (χ1) is 13.1. The van der Waals surface area contributed by atoms with Gasteiger partial charge in [-0.2, -0.15) is 0 Å². The molecule has 2 aromatic carbocycles. The number of para-hydroxylation sites is 2. The lowest BCUT2D eigenvalue weighted by molar-refractivity contribution is -0.119. The fraction of sp³-hybridized carbons (Fsp3) is 0.300. The molecule has 1 amide bonds. The Morgan fingerprint density at radius 2 is 1.85 bits per heavy atom. The quantitative estimate of drug-likeness (QED) is 0.482. The predicted octanol–water partition coefficient (Wildman–Crippen LogP) is 4.20. The summed E-state index contributed by atoms with van der Waals surface area (Å²) in [6.07, 6.45) is 0.837. The van der Waals surface area contributed by atoms with Gasteiger partial charge in [0.05, 0.1) is 12.3 Å². The number of carbonyl (C=O) groups is 1. The zero-order valence-corrected chi connectivity index (χ0v) is 16.7. The molecule has 0 saturated carbocycles. The van der Waals surface area contributed by atoms with E-state index in [1.165, 1.54) is 0 Å². The van der Waals surface area contributed by atoms with Gasteiger partial charge in [-0.05, 0) is 49.3 Å². The van der Waals surface area contributed by atoms with E-state index in [1.807, 2.05) is 55.5 Å². The Morgan fingerprint density at radius 1 is 1.11 bits per heavy atom. The van der Waals surface area contributed by atoms with Gasteiger partial charge in [-0.15, -0.1) is 0 Å². The second-order valence-corrected chi connectivity index (χ2v) is 6.45. The minimum atomic E-state index is -0.179. The van der Waals surface area contributed by atoms with Crippen LogP contribution in [0, 0.1) is 0 Å². The Hall–Kier alpha value is -2.15. The van der Waals surface area contributed by atoms with Crippen molar-refractivity contribution < 1.29 is 14.3 Å². The molecule has 5 nitrogen and oxygen atoms in total. The van der Waals surface area contributed by atoms with Crippen molar-refractivity contribution in [2.24, 2.45) is 0 Å². The van der Waals surface area contributed by atoms with Gasteiger partial charge in [-0.25, -0.2) is 0 Å². The van der Waals surface area contributed by atoms with E-state index in [-0.39, 0.29) is 17.4 Å². The Bertz CT molecular complexity index is 770. The summed E-state index contributed by atoms with van der Waals surface area (Å²) in [6, 6.07) is 14.9. The van der Waals surface area contributed by atoms with E-state index < -0.39 is 0 Å². The van der Waals surface area contributed by atoms with Crippen molar-refractivity contribution in [3.63, 3.8) is 0 Å². The third kappa shape index (κ3) is 7.54. The number of nitrogens with one attached hydrogen (secondary N) is 2. The molecule has 0 aliphatic heterocycles. The van der Waals surface area contributed by atoms with Gasteiger partial charge in [0, 0.05) is 18.1 Å². The number of anilines is 1. The van der Waals surface area contributed by atoms with Gasteiger partial charge in [0.15, 0.2) is 5.11 Å². The minimum absolute atomic E-state index is 0.179. The molecular weight excluding hydrogens is 384 g/mol. The molecule has 2 aromatic rings. The molecule has 2 N–H and O–H groups in total. The van der Waals surface area contributed by atoms with Gasteiger partial charge in [0.1, 0.15) is 12.4 Å². The van der Waals surface area contributed by atoms with Gasteiger partial charge in [-0.3, -0.25) is 4.79 Å². The van der Waals surface area contributed by atoms with Gasteiger partial charge in [0.2, 0.25) is 5.91 Å². The molecule has 0 aliphatic rings. The summed E-state index contributed by atoms with van der Waals surface area (Å²) >= 11 is 11.3. The Balaban J connectivity index is 1.82. The zero-order chi connectivity index (χ0) is 19.5. The summed E-state index contributed by atoms with van der Waals surface area (Å²) in [5.41, 5.74) is 1.62. The Kier molecular flexibility index (Phi) is 9.04. The topological polar surface area (TPSA) is 59.6 Å². The Morgan fingerprint density at radius 3 is 2.63 bits per heavy atom. The van der Waals surface area contributed by atoms with Gasteiger partial charge in [-0.1, -0.05) is 41.9 Å². The van der Waals surface area contributed by atoms with Crippen molar-refractivity contribution >= 4 is 40.5 Å². The monoisotopic (exact) mass is 406 g/mol. The van der Waals surface area contributed by atoms with Crippen molar-refractivity contribution in [3.8, 4) is 5.75 Å². The van der Waals surface area contributed by atoms with Crippen molar-refractivity contribution in [2.75, 3.05) is 25.1 Å². The van der Waals surface area contributed by atoms with Crippen LogP contribution in [0.2, 0.25) is 5.02 Å². The van der Waals surface area contributed by atoms with Crippen molar-refractivity contribution in [3.05, 3.63) is 59.1 Å². The van der Waals surface area contributed by atoms with Crippen LogP contribution in [0.3, 0.4) is 0 Å². The van der Waals surface area contributed by atoms with Crippen LogP contribution >= 0.6 is 23.8 Å². The number of benzene rings is 2. The first-order valence-electron chi connectivity index (χ1n) is 8.74. The maximum Gasteiger partial charge on any atom is 0.226 e. The van der Waals surface area contributed by atoms with E-state index in [2.05, 4.69) is 10.6 Å². The number of amides is 1. The van der Waals surface area contributed by atoms with Crippen LogP contribution in [0.5, 0.6) is 5.75 Å². The highest BCUT2D eigenvalue weighted by molar-refractivity contribution is 7.80. The first kappa shape index (κ1) is 21.2. The zero-order valence-electron chi connectivity index (χ0n) is 15.2. The summed E-state index contributed by atoms with van der Waals surface area (Å²) in [7, 11) is 0.